The molecular weight excluding hydrogens is 406 g/mol. The van der Waals surface area contributed by atoms with E-state index in [2.05, 4.69) is 15.1 Å². The van der Waals surface area contributed by atoms with Gasteiger partial charge in [-0.25, -0.2) is 4.98 Å². The Hall–Kier alpha value is -3.39. The number of benzene rings is 1. The fourth-order valence-corrected chi connectivity index (χ4v) is 3.77. The minimum absolute atomic E-state index is 0.0295. The normalized spacial score (nSPS) is 12.8. The van der Waals surface area contributed by atoms with Crippen molar-refractivity contribution in [3.05, 3.63) is 57.8 Å². The zero-order valence-electron chi connectivity index (χ0n) is 16.6. The second-order valence-electron chi connectivity index (χ2n) is 7.21. The van der Waals surface area contributed by atoms with Crippen LogP contribution in [0.2, 0.25) is 5.02 Å². The van der Waals surface area contributed by atoms with Crippen LogP contribution in [0.3, 0.4) is 0 Å². The van der Waals surface area contributed by atoms with Crippen LogP contribution in [0.4, 0.5) is 0 Å². The van der Waals surface area contributed by atoms with Crippen LogP contribution in [0, 0.1) is 6.92 Å². The maximum absolute atomic E-state index is 13.5. The summed E-state index contributed by atoms with van der Waals surface area (Å²) in [5.41, 5.74) is 2.11. The van der Waals surface area contributed by atoms with Gasteiger partial charge in [0, 0.05) is 11.1 Å². The molecule has 1 atom stereocenters. The quantitative estimate of drug-likeness (QED) is 0.408. The molecule has 0 radical (unpaired) electrons. The molecule has 30 heavy (non-hydrogen) atoms. The molecule has 1 aromatic carbocycles. The number of imidazole rings is 1. The number of furan rings is 1. The number of aromatic nitrogens is 5. The molecule has 4 heterocycles. The number of hydrogen-bond acceptors (Lipinski definition) is 6. The van der Waals surface area contributed by atoms with Crippen LogP contribution in [0.5, 0.6) is 0 Å². The van der Waals surface area contributed by atoms with Crippen molar-refractivity contribution < 1.29 is 8.94 Å². The summed E-state index contributed by atoms with van der Waals surface area (Å²) in [5, 5.41) is 4.60. The minimum Gasteiger partial charge on any atom is -0.456 e. The maximum Gasteiger partial charge on any atom is 0.293 e. The van der Waals surface area contributed by atoms with Crippen LogP contribution in [-0.2, 0) is 0 Å². The Bertz CT molecular complexity index is 1460. The third-order valence-corrected chi connectivity index (χ3v) is 5.50. The van der Waals surface area contributed by atoms with Crippen molar-refractivity contribution in [3.63, 3.8) is 0 Å². The highest BCUT2D eigenvalue weighted by atomic mass is 35.5. The van der Waals surface area contributed by atoms with Crippen LogP contribution in [-0.4, -0.2) is 24.1 Å². The first-order valence-electron chi connectivity index (χ1n) is 9.59. The van der Waals surface area contributed by atoms with Crippen LogP contribution in [0.15, 0.2) is 50.4 Å². The summed E-state index contributed by atoms with van der Waals surface area (Å²) in [7, 11) is 0. The smallest absolute Gasteiger partial charge is 0.293 e. The standard InChI is InChI=1S/C21H18ClN5O3/c1-4-11(2)27-15-9-13(22)6-7-14(15)26-10-23-17(18(26)21(27)28)19-24-20(30-25-19)16-8-5-12(3)29-16/h5-11H,4H2,1-3H3. The third-order valence-electron chi connectivity index (χ3n) is 5.27. The van der Waals surface area contributed by atoms with E-state index in [1.165, 1.54) is 0 Å². The predicted molar refractivity (Wildman–Crippen MR) is 113 cm³/mol. The van der Waals surface area contributed by atoms with Crippen LogP contribution in [0.25, 0.3) is 39.7 Å². The van der Waals surface area contributed by atoms with Crippen molar-refractivity contribution in [2.75, 3.05) is 0 Å². The van der Waals surface area contributed by atoms with E-state index in [-0.39, 0.29) is 23.3 Å². The van der Waals surface area contributed by atoms with Gasteiger partial charge in [0.2, 0.25) is 5.82 Å². The summed E-state index contributed by atoms with van der Waals surface area (Å²) in [6.07, 6.45) is 2.38. The second kappa shape index (κ2) is 6.84. The molecule has 4 aromatic heterocycles. The van der Waals surface area contributed by atoms with Gasteiger partial charge in [-0.3, -0.25) is 9.20 Å². The van der Waals surface area contributed by atoms with Crippen molar-refractivity contribution in [1.82, 2.24) is 24.1 Å². The summed E-state index contributed by atoms with van der Waals surface area (Å²) >= 11 is 6.22. The number of nitrogens with zero attached hydrogens (tertiary/aromatic N) is 5. The molecule has 5 aromatic rings. The Morgan fingerprint density at radius 1 is 1.20 bits per heavy atom. The number of halogens is 1. The van der Waals surface area contributed by atoms with E-state index in [9.17, 15) is 4.79 Å². The van der Waals surface area contributed by atoms with E-state index in [1.807, 2.05) is 32.9 Å². The molecule has 1 unspecified atom stereocenters. The highest BCUT2D eigenvalue weighted by Gasteiger charge is 2.23. The number of aryl methyl sites for hydroxylation is 1. The third kappa shape index (κ3) is 2.75. The van der Waals surface area contributed by atoms with Crippen LogP contribution >= 0.6 is 11.6 Å². The molecule has 0 aliphatic heterocycles. The summed E-state index contributed by atoms with van der Waals surface area (Å²) in [5.74, 6) is 1.65. The van der Waals surface area contributed by atoms with Crippen molar-refractivity contribution in [2.24, 2.45) is 0 Å². The van der Waals surface area contributed by atoms with Crippen LogP contribution in [0.1, 0.15) is 32.1 Å². The fraction of sp³-hybridized carbons (Fsp3) is 0.238. The molecule has 0 fully saturated rings. The van der Waals surface area contributed by atoms with Gasteiger partial charge in [0.1, 0.15) is 23.3 Å². The topological polar surface area (TPSA) is 91.4 Å². The number of hydrogen-bond donors (Lipinski definition) is 0. The Morgan fingerprint density at radius 2 is 2.03 bits per heavy atom. The average molecular weight is 424 g/mol. The zero-order chi connectivity index (χ0) is 21.0. The Balaban J connectivity index is 1.78. The van der Waals surface area contributed by atoms with E-state index in [1.54, 1.807) is 33.5 Å². The van der Waals surface area contributed by atoms with E-state index < -0.39 is 0 Å². The molecule has 0 aliphatic carbocycles. The molecular formula is C21H18ClN5O3. The predicted octanol–water partition coefficient (Wildman–Crippen LogP) is 4.89. The van der Waals surface area contributed by atoms with Gasteiger partial charge in [0.15, 0.2) is 5.76 Å². The lowest BCUT2D eigenvalue weighted by Gasteiger charge is -2.18. The molecule has 5 rings (SSSR count). The summed E-state index contributed by atoms with van der Waals surface area (Å²) < 4.78 is 14.4. The van der Waals surface area contributed by atoms with Crippen molar-refractivity contribution in [3.8, 4) is 23.2 Å². The summed E-state index contributed by atoms with van der Waals surface area (Å²) in [6, 6.07) is 9.01. The highest BCUT2D eigenvalue weighted by molar-refractivity contribution is 6.31. The molecule has 152 valence electrons. The largest absolute Gasteiger partial charge is 0.456 e. The zero-order valence-corrected chi connectivity index (χ0v) is 17.3. The van der Waals surface area contributed by atoms with Crippen LogP contribution < -0.4 is 5.56 Å². The van der Waals surface area contributed by atoms with Gasteiger partial charge >= 0.3 is 0 Å². The fourth-order valence-electron chi connectivity index (χ4n) is 3.61. The molecule has 0 N–H and O–H groups in total. The SMILES string of the molecule is CCC(C)n1c(=O)c2c(-c3noc(-c4ccc(C)o4)n3)ncn2c2ccc(Cl)cc21. The van der Waals surface area contributed by atoms with Gasteiger partial charge < -0.3 is 13.5 Å². The molecule has 0 aliphatic rings. The second-order valence-corrected chi connectivity index (χ2v) is 7.65. The van der Waals surface area contributed by atoms with Crippen molar-refractivity contribution in [2.45, 2.75) is 33.2 Å². The first-order valence-corrected chi connectivity index (χ1v) is 9.97. The maximum atomic E-state index is 13.5. The Morgan fingerprint density at radius 3 is 2.77 bits per heavy atom. The lowest BCUT2D eigenvalue weighted by atomic mass is 10.2. The van der Waals surface area contributed by atoms with E-state index in [0.717, 1.165) is 23.2 Å². The van der Waals surface area contributed by atoms with Gasteiger partial charge in [0.25, 0.3) is 11.4 Å². The van der Waals surface area contributed by atoms with E-state index >= 15 is 0 Å². The van der Waals surface area contributed by atoms with E-state index in [4.69, 9.17) is 20.5 Å². The monoisotopic (exact) mass is 423 g/mol. The van der Waals surface area contributed by atoms with Gasteiger partial charge in [-0.05, 0) is 50.6 Å². The Kier molecular flexibility index (Phi) is 4.25. The highest BCUT2D eigenvalue weighted by Crippen LogP contribution is 2.28. The minimum atomic E-state index is -0.188. The van der Waals surface area contributed by atoms with Gasteiger partial charge in [0.05, 0.1) is 11.0 Å². The molecule has 8 nitrogen and oxygen atoms in total. The lowest BCUT2D eigenvalue weighted by Crippen LogP contribution is -2.25. The average Bonchev–Trinajstić information content (AvgIpc) is 3.46. The molecule has 0 bridgehead atoms. The van der Waals surface area contributed by atoms with E-state index in [0.29, 0.717) is 22.0 Å². The van der Waals surface area contributed by atoms with Gasteiger partial charge in [-0.1, -0.05) is 23.7 Å². The van der Waals surface area contributed by atoms with Gasteiger partial charge in [-0.2, -0.15) is 4.98 Å². The lowest BCUT2D eigenvalue weighted by molar-refractivity contribution is 0.414. The number of rotatable bonds is 4. The molecule has 0 spiro atoms. The summed E-state index contributed by atoms with van der Waals surface area (Å²) in [6.45, 7) is 5.87. The Labute approximate surface area is 175 Å². The first-order chi connectivity index (χ1) is 14.5. The molecule has 9 heteroatoms. The van der Waals surface area contributed by atoms with Crippen molar-refractivity contribution in [1.29, 1.82) is 0 Å². The van der Waals surface area contributed by atoms with Crippen molar-refractivity contribution >= 4 is 28.2 Å². The first kappa shape index (κ1) is 18.6. The molecule has 0 saturated carbocycles. The molecule has 0 saturated heterocycles. The van der Waals surface area contributed by atoms with Gasteiger partial charge in [-0.15, -0.1) is 0 Å². The summed E-state index contributed by atoms with van der Waals surface area (Å²) in [4.78, 5) is 22.4. The number of fused-ring (bicyclic) bond motifs is 3. The molecule has 0 amide bonds.